The number of rotatable bonds is 1. The van der Waals surface area contributed by atoms with E-state index in [2.05, 4.69) is 6.92 Å². The normalized spacial score (nSPS) is 26.0. The van der Waals surface area contributed by atoms with Gasteiger partial charge in [0.25, 0.3) is 0 Å². The van der Waals surface area contributed by atoms with E-state index < -0.39 is 0 Å². The van der Waals surface area contributed by atoms with E-state index in [1.165, 1.54) is 0 Å². The highest BCUT2D eigenvalue weighted by Gasteiger charge is 2.17. The quantitative estimate of drug-likeness (QED) is 0.539. The molecule has 1 nitrogen and oxygen atoms in total. The molecule has 1 unspecified atom stereocenters. The third-order valence-electron chi connectivity index (χ3n) is 0.853. The first-order valence-electron chi connectivity index (χ1n) is 2.42. The molecule has 0 aromatic rings. The zero-order valence-corrected chi connectivity index (χ0v) is 8.55. The number of thioether (sulfide) groups is 2. The highest BCUT2D eigenvalue weighted by atomic mass is 127. The first-order chi connectivity index (χ1) is 4.20. The average molecular weight is 272 g/mol. The van der Waals surface area contributed by atoms with E-state index in [1.54, 1.807) is 23.5 Å². The Balaban J connectivity index is 2.55. The number of allylic oxidation sites excluding steroid dienone is 1. The topological polar surface area (TPSA) is 17.1 Å². The zero-order valence-electron chi connectivity index (χ0n) is 4.76. The molecule has 0 N–H and O–H groups in total. The molecule has 1 rings (SSSR count). The van der Waals surface area contributed by atoms with Crippen LogP contribution in [0.4, 0.5) is 0 Å². The fourth-order valence-corrected chi connectivity index (χ4v) is 3.19. The Hall–Kier alpha value is 0.840. The number of hydrogen-bond acceptors (Lipinski definition) is 3. The van der Waals surface area contributed by atoms with Crippen LogP contribution in [0.25, 0.3) is 0 Å². The van der Waals surface area contributed by atoms with Gasteiger partial charge in [-0.2, -0.15) is 0 Å². The van der Waals surface area contributed by atoms with E-state index in [0.29, 0.717) is 4.58 Å². The van der Waals surface area contributed by atoms with Crippen LogP contribution in [0.2, 0.25) is 0 Å². The van der Waals surface area contributed by atoms with Gasteiger partial charge in [-0.25, -0.2) is 0 Å². The molecule has 0 aromatic heterocycles. The average Bonchev–Trinajstić information content (AvgIpc) is 2.14. The van der Waals surface area contributed by atoms with E-state index in [9.17, 15) is 4.79 Å². The van der Waals surface area contributed by atoms with Gasteiger partial charge in [-0.1, -0.05) is 0 Å². The number of carbonyl (C=O) groups excluding carboxylic acids is 1. The fourth-order valence-electron chi connectivity index (χ4n) is 0.485. The van der Waals surface area contributed by atoms with Gasteiger partial charge >= 0.3 is 0 Å². The minimum Gasteiger partial charge on any atom is -0.282 e. The molecule has 1 heterocycles. The van der Waals surface area contributed by atoms with Crippen LogP contribution < -0.4 is 0 Å². The third kappa shape index (κ3) is 2.16. The zero-order chi connectivity index (χ0) is 6.85. The molecule has 0 bridgehead atoms. The van der Waals surface area contributed by atoms with Gasteiger partial charge in [0, 0.05) is 22.6 Å². The van der Waals surface area contributed by atoms with Crippen molar-refractivity contribution in [2.45, 2.75) is 11.5 Å². The SMILES string of the molecule is CC1SC=C(C(=O)I)S1. The second kappa shape index (κ2) is 3.30. The Morgan fingerprint density at radius 1 is 1.89 bits per heavy atom. The van der Waals surface area contributed by atoms with Gasteiger partial charge in [-0.05, 0) is 12.3 Å². The first-order valence-corrected chi connectivity index (χ1v) is 5.32. The van der Waals surface area contributed by atoms with Crippen molar-refractivity contribution in [2.24, 2.45) is 0 Å². The van der Waals surface area contributed by atoms with Gasteiger partial charge in [0.15, 0.2) is 0 Å². The number of hydrogen-bond donors (Lipinski definition) is 0. The summed E-state index contributed by atoms with van der Waals surface area (Å²) in [6.07, 6.45) is 0. The fraction of sp³-hybridized carbons (Fsp3) is 0.400. The van der Waals surface area contributed by atoms with Gasteiger partial charge in [0.05, 0.1) is 9.49 Å². The van der Waals surface area contributed by atoms with Crippen LogP contribution in [0, 0.1) is 0 Å². The van der Waals surface area contributed by atoms with Gasteiger partial charge < -0.3 is 0 Å². The number of carbonyl (C=O) groups is 1. The van der Waals surface area contributed by atoms with Crippen molar-refractivity contribution in [3.05, 3.63) is 10.3 Å². The molecule has 0 spiro atoms. The van der Waals surface area contributed by atoms with Crippen LogP contribution in [-0.4, -0.2) is 8.37 Å². The maximum Gasteiger partial charge on any atom is 0.229 e. The van der Waals surface area contributed by atoms with Crippen LogP contribution in [-0.2, 0) is 4.79 Å². The van der Waals surface area contributed by atoms with E-state index >= 15 is 0 Å². The van der Waals surface area contributed by atoms with Crippen LogP contribution >= 0.6 is 46.1 Å². The second-order valence-electron chi connectivity index (χ2n) is 1.58. The van der Waals surface area contributed by atoms with E-state index in [-0.39, 0.29) is 3.79 Å². The summed E-state index contributed by atoms with van der Waals surface area (Å²) in [5, 5.41) is 1.93. The first kappa shape index (κ1) is 7.94. The van der Waals surface area contributed by atoms with Gasteiger partial charge in [0.1, 0.15) is 0 Å². The van der Waals surface area contributed by atoms with Crippen molar-refractivity contribution in [2.75, 3.05) is 0 Å². The standard InChI is InChI=1S/C5H5IOS2/c1-3-8-2-4(9-3)5(6)7/h2-3H,1H3. The summed E-state index contributed by atoms with van der Waals surface area (Å²) < 4.78 is 0.688. The smallest absolute Gasteiger partial charge is 0.229 e. The van der Waals surface area contributed by atoms with Crippen molar-refractivity contribution < 1.29 is 4.79 Å². The molecule has 4 heteroatoms. The molecule has 50 valence electrons. The molecule has 9 heavy (non-hydrogen) atoms. The lowest BCUT2D eigenvalue weighted by molar-refractivity contribution is -0.105. The van der Waals surface area contributed by atoms with Crippen molar-refractivity contribution in [1.29, 1.82) is 0 Å². The largest absolute Gasteiger partial charge is 0.282 e. The van der Waals surface area contributed by atoms with Crippen LogP contribution in [0.3, 0.4) is 0 Å². The molecular weight excluding hydrogens is 267 g/mol. The molecule has 1 aliphatic rings. The Morgan fingerprint density at radius 3 is 2.78 bits per heavy atom. The summed E-state index contributed by atoms with van der Waals surface area (Å²) in [7, 11) is 0. The van der Waals surface area contributed by atoms with E-state index in [0.717, 1.165) is 4.91 Å². The predicted molar refractivity (Wildman–Crippen MR) is 51.8 cm³/mol. The van der Waals surface area contributed by atoms with E-state index in [4.69, 9.17) is 0 Å². The summed E-state index contributed by atoms with van der Waals surface area (Å²) >= 11 is 5.16. The van der Waals surface area contributed by atoms with Crippen LogP contribution in [0.1, 0.15) is 6.92 Å². The van der Waals surface area contributed by atoms with Crippen molar-refractivity contribution in [3.8, 4) is 0 Å². The minimum atomic E-state index is 0.162. The maximum atomic E-state index is 10.7. The van der Waals surface area contributed by atoms with Gasteiger partial charge in [0.2, 0.25) is 3.79 Å². The Kier molecular flexibility index (Phi) is 2.91. The van der Waals surface area contributed by atoms with Gasteiger partial charge in [-0.15, -0.1) is 23.5 Å². The van der Waals surface area contributed by atoms with Crippen LogP contribution in [0.5, 0.6) is 0 Å². The lowest BCUT2D eigenvalue weighted by Gasteiger charge is -1.95. The predicted octanol–water partition coefficient (Wildman–Crippen LogP) is 2.62. The summed E-state index contributed by atoms with van der Waals surface area (Å²) in [6, 6.07) is 0. The molecule has 0 amide bonds. The van der Waals surface area contributed by atoms with Gasteiger partial charge in [-0.3, -0.25) is 4.79 Å². The molecular formula is C5H5IOS2. The molecule has 0 aromatic carbocycles. The summed E-state index contributed by atoms with van der Waals surface area (Å²) in [5.41, 5.74) is 0. The molecule has 0 aliphatic carbocycles. The highest BCUT2D eigenvalue weighted by molar-refractivity contribution is 14.1. The molecule has 0 radical (unpaired) electrons. The second-order valence-corrected chi connectivity index (χ2v) is 5.45. The lowest BCUT2D eigenvalue weighted by atomic mass is 10.7. The third-order valence-corrected chi connectivity index (χ3v) is 4.22. The molecule has 0 fully saturated rings. The summed E-state index contributed by atoms with van der Waals surface area (Å²) in [6.45, 7) is 2.10. The van der Waals surface area contributed by atoms with Crippen LogP contribution in [0.15, 0.2) is 10.3 Å². The Bertz CT molecular complexity index is 166. The lowest BCUT2D eigenvalue weighted by Crippen LogP contribution is -1.85. The highest BCUT2D eigenvalue weighted by Crippen LogP contribution is 2.40. The Labute approximate surface area is 76.2 Å². The van der Waals surface area contributed by atoms with E-state index in [1.807, 2.05) is 28.0 Å². The summed E-state index contributed by atoms with van der Waals surface area (Å²) in [5.74, 6) is 0. The summed E-state index contributed by atoms with van der Waals surface area (Å²) in [4.78, 5) is 11.6. The molecule has 1 atom stereocenters. The van der Waals surface area contributed by atoms with Crippen molar-refractivity contribution in [3.63, 3.8) is 0 Å². The maximum absolute atomic E-state index is 10.7. The minimum absolute atomic E-state index is 0.162. The van der Waals surface area contributed by atoms with Crippen molar-refractivity contribution in [1.82, 2.24) is 0 Å². The molecule has 0 saturated carbocycles. The van der Waals surface area contributed by atoms with Crippen molar-refractivity contribution >= 4 is 49.9 Å². The Morgan fingerprint density at radius 2 is 2.56 bits per heavy atom. The molecule has 0 saturated heterocycles. The monoisotopic (exact) mass is 272 g/mol. The number of halogens is 1. The molecule has 1 aliphatic heterocycles.